The number of benzene rings is 1. The van der Waals surface area contributed by atoms with Crippen LogP contribution < -0.4 is 15.5 Å². The molecule has 1 N–H and O–H groups in total. The minimum Gasteiger partial charge on any atom is -0.433 e. The Morgan fingerprint density at radius 2 is 2.11 bits per heavy atom. The molecule has 0 saturated heterocycles. The maximum atomic E-state index is 11.6. The number of carbonyl (C=O) groups excluding carboxylic acids is 1. The van der Waals surface area contributed by atoms with Crippen LogP contribution in [0, 0.1) is 0 Å². The number of carbonyl (C=O) groups is 1. The molecule has 0 unspecified atom stereocenters. The fourth-order valence-electron chi connectivity index (χ4n) is 1.28. The summed E-state index contributed by atoms with van der Waals surface area (Å²) in [5.74, 6) is -0.124. The lowest BCUT2D eigenvalue weighted by molar-refractivity contribution is -0.114. The first-order chi connectivity index (χ1) is 9.08. The molecule has 0 atom stereocenters. The Hall–Kier alpha value is -1.99. The first-order valence-corrected chi connectivity index (χ1v) is 6.25. The number of para-hydroxylation sites is 2. The van der Waals surface area contributed by atoms with Crippen LogP contribution in [0.3, 0.4) is 0 Å². The van der Waals surface area contributed by atoms with E-state index in [0.29, 0.717) is 11.4 Å². The molecule has 1 aromatic heterocycles. The van der Waals surface area contributed by atoms with Crippen molar-refractivity contribution in [3.8, 4) is 11.6 Å². The molecule has 0 spiro atoms. The third-order valence-corrected chi connectivity index (χ3v) is 2.90. The molecule has 0 fully saturated rings. The molecule has 98 valence electrons. The smallest absolute Gasteiger partial charge is 0.283 e. The summed E-state index contributed by atoms with van der Waals surface area (Å²) in [5.41, 5.74) is -0.160. The number of rotatable bonds is 3. The van der Waals surface area contributed by atoms with E-state index in [1.807, 2.05) is 0 Å². The van der Waals surface area contributed by atoms with E-state index in [1.165, 1.54) is 6.92 Å². The minimum absolute atomic E-state index is 0.178. The van der Waals surface area contributed by atoms with Crippen molar-refractivity contribution in [3.05, 3.63) is 39.6 Å². The van der Waals surface area contributed by atoms with Crippen LogP contribution >= 0.6 is 23.3 Å². The van der Waals surface area contributed by atoms with Crippen molar-refractivity contribution in [2.24, 2.45) is 0 Å². The van der Waals surface area contributed by atoms with Gasteiger partial charge in [-0.3, -0.25) is 9.59 Å². The van der Waals surface area contributed by atoms with Gasteiger partial charge in [0.2, 0.25) is 5.91 Å². The van der Waals surface area contributed by atoms with Crippen molar-refractivity contribution in [1.82, 2.24) is 8.75 Å². The number of ether oxygens (including phenoxy) is 1. The van der Waals surface area contributed by atoms with E-state index < -0.39 is 5.43 Å². The molecule has 0 aliphatic heterocycles. The largest absolute Gasteiger partial charge is 0.433 e. The molecule has 2 rings (SSSR count). The molecule has 0 bridgehead atoms. The van der Waals surface area contributed by atoms with Gasteiger partial charge < -0.3 is 10.1 Å². The number of anilines is 1. The van der Waals surface area contributed by atoms with Gasteiger partial charge in [0.25, 0.3) is 11.3 Å². The van der Waals surface area contributed by atoms with E-state index in [-0.39, 0.29) is 16.9 Å². The number of amides is 1. The number of halogens is 1. The second-order valence-corrected chi connectivity index (χ2v) is 4.36. The zero-order chi connectivity index (χ0) is 13.8. The molecule has 0 radical (unpaired) electrons. The number of nitrogens with zero attached hydrogens (tertiary/aromatic N) is 2. The van der Waals surface area contributed by atoms with Gasteiger partial charge in [0.1, 0.15) is 0 Å². The zero-order valence-electron chi connectivity index (χ0n) is 9.71. The van der Waals surface area contributed by atoms with Crippen molar-refractivity contribution in [3.63, 3.8) is 0 Å². The Morgan fingerprint density at radius 3 is 2.84 bits per heavy atom. The zero-order valence-corrected chi connectivity index (χ0v) is 11.3. The Kier molecular flexibility index (Phi) is 4.08. The van der Waals surface area contributed by atoms with Crippen molar-refractivity contribution < 1.29 is 9.53 Å². The maximum Gasteiger partial charge on any atom is 0.283 e. The predicted molar refractivity (Wildman–Crippen MR) is 72.0 cm³/mol. The van der Waals surface area contributed by atoms with Crippen LogP contribution in [0.4, 0.5) is 5.69 Å². The van der Waals surface area contributed by atoms with Crippen molar-refractivity contribution >= 4 is 34.9 Å². The van der Waals surface area contributed by atoms with E-state index in [1.54, 1.807) is 24.3 Å². The molecule has 19 heavy (non-hydrogen) atoms. The molecule has 1 heterocycles. The fraction of sp³-hybridized carbons (Fsp3) is 0.0909. The number of hydrogen-bond donors (Lipinski definition) is 1. The quantitative estimate of drug-likeness (QED) is 0.940. The lowest BCUT2D eigenvalue weighted by atomic mass is 10.3. The third kappa shape index (κ3) is 3.27. The van der Waals surface area contributed by atoms with Crippen molar-refractivity contribution in [1.29, 1.82) is 0 Å². The Morgan fingerprint density at radius 1 is 1.37 bits per heavy atom. The summed E-state index contributed by atoms with van der Waals surface area (Å²) in [5, 5.41) is 2.39. The summed E-state index contributed by atoms with van der Waals surface area (Å²) in [6.07, 6.45) is 0. The monoisotopic (exact) mass is 297 g/mol. The minimum atomic E-state index is -0.599. The van der Waals surface area contributed by atoms with Crippen molar-refractivity contribution in [2.45, 2.75) is 6.92 Å². The fourth-order valence-corrected chi connectivity index (χ4v) is 1.85. The van der Waals surface area contributed by atoms with Gasteiger partial charge in [-0.2, -0.15) is 4.37 Å². The Balaban J connectivity index is 2.36. The van der Waals surface area contributed by atoms with Gasteiger partial charge in [0.05, 0.1) is 17.4 Å². The van der Waals surface area contributed by atoms with Gasteiger partial charge in [-0.05, 0) is 12.1 Å². The van der Waals surface area contributed by atoms with Crippen LogP contribution in [0.15, 0.2) is 29.1 Å². The summed E-state index contributed by atoms with van der Waals surface area (Å²) < 4.78 is 12.7. The van der Waals surface area contributed by atoms with Crippen LogP contribution in [0.2, 0.25) is 5.15 Å². The number of nitrogens with one attached hydrogen (secondary N) is 1. The second kappa shape index (κ2) is 5.77. The standard InChI is InChI=1S/C11H8ClN3O3S/c1-6(16)13-7-4-2-3-5-8(7)18-11-9(17)10(12)14-19-15-11/h2-5H,1H3,(H,13,16). The van der Waals surface area contributed by atoms with Gasteiger partial charge in [-0.25, -0.2) is 0 Å². The van der Waals surface area contributed by atoms with Crippen LogP contribution in [0.1, 0.15) is 6.92 Å². The average molecular weight is 298 g/mol. The lowest BCUT2D eigenvalue weighted by Crippen LogP contribution is -2.10. The summed E-state index contributed by atoms with van der Waals surface area (Å²) in [4.78, 5) is 22.7. The SMILES string of the molecule is CC(=O)Nc1ccccc1Oc1nsnc(Cl)c1=O. The molecule has 0 saturated carbocycles. The van der Waals surface area contributed by atoms with Gasteiger partial charge in [-0.15, -0.1) is 4.37 Å². The highest BCUT2D eigenvalue weighted by molar-refractivity contribution is 6.99. The molecule has 0 aliphatic carbocycles. The highest BCUT2D eigenvalue weighted by Crippen LogP contribution is 2.27. The normalized spacial score (nSPS) is 10.0. The molecular formula is C11H8ClN3O3S. The highest BCUT2D eigenvalue weighted by Gasteiger charge is 2.12. The van der Waals surface area contributed by atoms with E-state index in [0.717, 1.165) is 11.7 Å². The van der Waals surface area contributed by atoms with Crippen LogP contribution in [0.25, 0.3) is 0 Å². The van der Waals surface area contributed by atoms with E-state index in [9.17, 15) is 9.59 Å². The summed E-state index contributed by atoms with van der Waals surface area (Å²) in [7, 11) is 0. The van der Waals surface area contributed by atoms with Gasteiger partial charge in [-0.1, -0.05) is 23.7 Å². The van der Waals surface area contributed by atoms with Gasteiger partial charge >= 0.3 is 0 Å². The number of aromatic nitrogens is 2. The maximum absolute atomic E-state index is 11.6. The van der Waals surface area contributed by atoms with Crippen LogP contribution in [-0.4, -0.2) is 14.7 Å². The molecule has 1 amide bonds. The third-order valence-electron chi connectivity index (χ3n) is 2.03. The highest BCUT2D eigenvalue weighted by atomic mass is 35.5. The van der Waals surface area contributed by atoms with Gasteiger partial charge in [0.15, 0.2) is 10.9 Å². The molecule has 8 heteroatoms. The van der Waals surface area contributed by atoms with E-state index >= 15 is 0 Å². The molecule has 0 aliphatic rings. The second-order valence-electron chi connectivity index (χ2n) is 3.47. The average Bonchev–Trinajstić information content (AvgIpc) is 2.36. The summed E-state index contributed by atoms with van der Waals surface area (Å²) in [6.45, 7) is 1.37. The Labute approximate surface area is 117 Å². The Bertz CT molecular complexity index is 674. The molecular weight excluding hydrogens is 290 g/mol. The van der Waals surface area contributed by atoms with Crippen LogP contribution in [-0.2, 0) is 4.79 Å². The number of hydrogen-bond acceptors (Lipinski definition) is 6. The topological polar surface area (TPSA) is 81.2 Å². The van der Waals surface area contributed by atoms with Crippen LogP contribution in [0.5, 0.6) is 11.6 Å². The summed E-state index contributed by atoms with van der Waals surface area (Å²) >= 11 is 6.37. The predicted octanol–water partition coefficient (Wildman–Crippen LogP) is 2.30. The first-order valence-electron chi connectivity index (χ1n) is 5.15. The van der Waals surface area contributed by atoms with E-state index in [2.05, 4.69) is 14.1 Å². The molecule has 2 aromatic rings. The summed E-state index contributed by atoms with van der Waals surface area (Å²) in [6, 6.07) is 6.68. The van der Waals surface area contributed by atoms with Gasteiger partial charge in [0, 0.05) is 6.92 Å². The van der Waals surface area contributed by atoms with Crippen molar-refractivity contribution in [2.75, 3.05) is 5.32 Å². The molecule has 1 aromatic carbocycles. The lowest BCUT2D eigenvalue weighted by Gasteiger charge is -2.09. The van der Waals surface area contributed by atoms with E-state index in [4.69, 9.17) is 16.3 Å². The molecule has 6 nitrogen and oxygen atoms in total. The first kappa shape index (κ1) is 13.4.